The van der Waals surface area contributed by atoms with Gasteiger partial charge in [-0.2, -0.15) is 0 Å². The minimum absolute atomic E-state index is 0.198. The first-order valence-electron chi connectivity index (χ1n) is 10.9. The maximum atomic E-state index is 12.2. The monoisotopic (exact) mass is 425 g/mol. The lowest BCUT2D eigenvalue weighted by atomic mass is 9.96. The maximum Gasteiger partial charge on any atom is 0.319 e. The van der Waals surface area contributed by atoms with Gasteiger partial charge in [0.1, 0.15) is 5.75 Å². The van der Waals surface area contributed by atoms with Gasteiger partial charge in [-0.3, -0.25) is 0 Å². The number of hydrogen-bond donors (Lipinski definition) is 2. The van der Waals surface area contributed by atoms with Crippen LogP contribution in [0.1, 0.15) is 19.8 Å². The Morgan fingerprint density at radius 2 is 1.72 bits per heavy atom. The van der Waals surface area contributed by atoms with Crippen LogP contribution in [0, 0.1) is 0 Å². The van der Waals surface area contributed by atoms with Crippen molar-refractivity contribution in [2.24, 2.45) is 0 Å². The summed E-state index contributed by atoms with van der Waals surface area (Å²) in [6.07, 6.45) is 2.00. The number of urea groups is 1. The molecule has 4 aromatic rings. The van der Waals surface area contributed by atoms with Crippen molar-refractivity contribution in [1.29, 1.82) is 0 Å². The number of para-hydroxylation sites is 1. The zero-order valence-corrected chi connectivity index (χ0v) is 18.4. The second-order valence-corrected chi connectivity index (χ2v) is 7.59. The van der Waals surface area contributed by atoms with Gasteiger partial charge in [0.05, 0.1) is 18.3 Å². The summed E-state index contributed by atoms with van der Waals surface area (Å²) < 4.78 is 5.63. The van der Waals surface area contributed by atoms with Crippen LogP contribution in [0.4, 0.5) is 10.5 Å². The second kappa shape index (κ2) is 9.96. The quantitative estimate of drug-likeness (QED) is 0.332. The Labute approximate surface area is 188 Å². The molecule has 0 atom stereocenters. The first-order valence-corrected chi connectivity index (χ1v) is 10.9. The molecule has 32 heavy (non-hydrogen) atoms. The molecule has 0 unspecified atom stereocenters. The third-order valence-corrected chi connectivity index (χ3v) is 5.33. The van der Waals surface area contributed by atoms with Crippen LogP contribution in [0.2, 0.25) is 0 Å². The molecule has 2 N–H and O–H groups in total. The summed E-state index contributed by atoms with van der Waals surface area (Å²) in [6, 6.07) is 25.8. The fourth-order valence-electron chi connectivity index (χ4n) is 3.70. The highest BCUT2D eigenvalue weighted by Crippen LogP contribution is 2.38. The van der Waals surface area contributed by atoms with Gasteiger partial charge in [0.2, 0.25) is 0 Å². The van der Waals surface area contributed by atoms with Crippen molar-refractivity contribution in [2.45, 2.75) is 19.8 Å². The number of ether oxygens (including phenoxy) is 1. The van der Waals surface area contributed by atoms with Crippen molar-refractivity contribution in [2.75, 3.05) is 19.0 Å². The lowest BCUT2D eigenvalue weighted by Crippen LogP contribution is -2.29. The average Bonchev–Trinajstić information content (AvgIpc) is 2.84. The molecule has 162 valence electrons. The van der Waals surface area contributed by atoms with Gasteiger partial charge in [0, 0.05) is 34.3 Å². The van der Waals surface area contributed by atoms with Gasteiger partial charge in [0.15, 0.2) is 0 Å². The minimum atomic E-state index is -0.198. The van der Waals surface area contributed by atoms with Crippen molar-refractivity contribution in [1.82, 2.24) is 10.3 Å². The fourth-order valence-corrected chi connectivity index (χ4v) is 3.70. The highest BCUT2D eigenvalue weighted by Gasteiger charge is 2.15. The zero-order chi connectivity index (χ0) is 22.3. The topological polar surface area (TPSA) is 63.2 Å². The number of fused-ring (bicyclic) bond motifs is 1. The molecule has 0 saturated heterocycles. The Hall–Kier alpha value is -3.86. The summed E-state index contributed by atoms with van der Waals surface area (Å²) in [5.74, 6) is 0.787. The molecule has 1 aromatic heterocycles. The molecule has 0 saturated carbocycles. The van der Waals surface area contributed by atoms with E-state index in [0.717, 1.165) is 57.6 Å². The van der Waals surface area contributed by atoms with Crippen LogP contribution in [0.3, 0.4) is 0 Å². The van der Waals surface area contributed by atoms with E-state index in [0.29, 0.717) is 6.54 Å². The molecule has 0 spiro atoms. The molecule has 0 fully saturated rings. The van der Waals surface area contributed by atoms with Gasteiger partial charge in [-0.1, -0.05) is 61.9 Å². The number of benzene rings is 3. The van der Waals surface area contributed by atoms with Crippen LogP contribution in [0.15, 0.2) is 78.9 Å². The Kier molecular flexibility index (Phi) is 6.66. The second-order valence-electron chi connectivity index (χ2n) is 7.59. The molecular formula is C27H27N3O2. The summed E-state index contributed by atoms with van der Waals surface area (Å²) in [7, 11) is 1.68. The van der Waals surface area contributed by atoms with E-state index < -0.39 is 0 Å². The molecule has 0 radical (unpaired) electrons. The third kappa shape index (κ3) is 4.72. The first-order chi connectivity index (χ1) is 15.7. The molecule has 4 rings (SSSR count). The van der Waals surface area contributed by atoms with E-state index in [1.807, 2.05) is 60.7 Å². The Morgan fingerprint density at radius 3 is 2.50 bits per heavy atom. The van der Waals surface area contributed by atoms with E-state index in [1.165, 1.54) is 0 Å². The van der Waals surface area contributed by atoms with Crippen LogP contribution in [-0.4, -0.2) is 24.7 Å². The van der Waals surface area contributed by atoms with Crippen LogP contribution < -0.4 is 15.4 Å². The lowest BCUT2D eigenvalue weighted by Gasteiger charge is -2.15. The predicted molar refractivity (Wildman–Crippen MR) is 131 cm³/mol. The molecule has 1 heterocycles. The number of hydrogen-bond acceptors (Lipinski definition) is 3. The summed E-state index contributed by atoms with van der Waals surface area (Å²) >= 11 is 0. The summed E-state index contributed by atoms with van der Waals surface area (Å²) in [5, 5.41) is 6.74. The number of aromatic nitrogens is 1. The van der Waals surface area contributed by atoms with E-state index >= 15 is 0 Å². The summed E-state index contributed by atoms with van der Waals surface area (Å²) in [6.45, 7) is 2.76. The average molecular weight is 426 g/mol. The van der Waals surface area contributed by atoms with Gasteiger partial charge in [-0.25, -0.2) is 9.78 Å². The smallest absolute Gasteiger partial charge is 0.319 e. The summed E-state index contributed by atoms with van der Waals surface area (Å²) in [5.41, 5.74) is 5.46. The normalized spacial score (nSPS) is 10.7. The van der Waals surface area contributed by atoms with Crippen molar-refractivity contribution < 1.29 is 9.53 Å². The van der Waals surface area contributed by atoms with Crippen LogP contribution in [0.5, 0.6) is 5.75 Å². The highest BCUT2D eigenvalue weighted by molar-refractivity contribution is 5.96. The van der Waals surface area contributed by atoms with Gasteiger partial charge in [-0.05, 0) is 36.8 Å². The van der Waals surface area contributed by atoms with E-state index in [1.54, 1.807) is 7.11 Å². The Balaban J connectivity index is 1.79. The third-order valence-electron chi connectivity index (χ3n) is 5.33. The van der Waals surface area contributed by atoms with Gasteiger partial charge in [0.25, 0.3) is 0 Å². The number of carbonyl (C=O) groups is 1. The molecule has 2 amide bonds. The van der Waals surface area contributed by atoms with Gasteiger partial charge >= 0.3 is 6.03 Å². The van der Waals surface area contributed by atoms with Crippen LogP contribution >= 0.6 is 0 Å². The number of nitrogens with zero attached hydrogens (tertiary/aromatic N) is 1. The Bertz CT molecular complexity index is 1220. The SMILES string of the molecule is CCCCNC(=O)Nc1ccc2nc(-c3ccccc3)c(-c3ccccc3OC)cc2c1. The number of methoxy groups -OCH3 is 1. The van der Waals surface area contributed by atoms with Crippen LogP contribution in [-0.2, 0) is 0 Å². The number of nitrogens with one attached hydrogen (secondary N) is 2. The molecule has 0 aliphatic carbocycles. The fraction of sp³-hybridized carbons (Fsp3) is 0.185. The van der Waals surface area contributed by atoms with Crippen LogP contribution in [0.25, 0.3) is 33.3 Å². The molecule has 0 aliphatic heterocycles. The summed E-state index contributed by atoms with van der Waals surface area (Å²) in [4.78, 5) is 17.2. The van der Waals surface area contributed by atoms with Crippen molar-refractivity contribution in [3.63, 3.8) is 0 Å². The largest absolute Gasteiger partial charge is 0.496 e. The number of carbonyl (C=O) groups excluding carboxylic acids is 1. The van der Waals surface area contributed by atoms with E-state index in [2.05, 4.69) is 35.8 Å². The molecule has 3 aromatic carbocycles. The Morgan fingerprint density at radius 1 is 0.938 bits per heavy atom. The van der Waals surface area contributed by atoms with E-state index in [9.17, 15) is 4.79 Å². The zero-order valence-electron chi connectivity index (χ0n) is 18.4. The predicted octanol–water partition coefficient (Wildman–Crippen LogP) is 6.50. The molecule has 5 nitrogen and oxygen atoms in total. The van der Waals surface area contributed by atoms with Gasteiger partial charge in [-0.15, -0.1) is 0 Å². The molecule has 0 aliphatic rings. The van der Waals surface area contributed by atoms with Crippen molar-refractivity contribution in [3.8, 4) is 28.1 Å². The number of anilines is 1. The lowest BCUT2D eigenvalue weighted by molar-refractivity contribution is 0.252. The molecule has 5 heteroatoms. The molecular weight excluding hydrogens is 398 g/mol. The standard InChI is InChI=1S/C27H27N3O2/c1-3-4-16-28-27(31)29-21-14-15-24-20(17-21)18-23(22-12-8-9-13-25(22)32-2)26(30-24)19-10-6-5-7-11-19/h5-15,17-18H,3-4,16H2,1-2H3,(H2,28,29,31). The van der Waals surface area contributed by atoms with E-state index in [-0.39, 0.29) is 6.03 Å². The number of pyridine rings is 1. The number of rotatable bonds is 7. The van der Waals surface area contributed by atoms with Crippen molar-refractivity contribution >= 4 is 22.6 Å². The van der Waals surface area contributed by atoms with Crippen molar-refractivity contribution in [3.05, 3.63) is 78.9 Å². The minimum Gasteiger partial charge on any atom is -0.496 e. The van der Waals surface area contributed by atoms with E-state index in [4.69, 9.17) is 9.72 Å². The number of amides is 2. The first kappa shape index (κ1) is 21.4. The number of unbranched alkanes of at least 4 members (excludes halogenated alkanes) is 1. The highest BCUT2D eigenvalue weighted by atomic mass is 16.5. The van der Waals surface area contributed by atoms with Gasteiger partial charge < -0.3 is 15.4 Å². The maximum absolute atomic E-state index is 12.2. The molecule has 0 bridgehead atoms.